The smallest absolute Gasteiger partial charge is 0.434 e. The van der Waals surface area contributed by atoms with Gasteiger partial charge in [0.15, 0.2) is 5.69 Å². The molecule has 0 atom stereocenters. The number of nitrogen functional groups attached to an aromatic ring is 1. The molecule has 1 heterocycles. The van der Waals surface area contributed by atoms with Crippen molar-refractivity contribution < 1.29 is 22.3 Å². The molecule has 2 N–H and O–H groups in total. The Kier molecular flexibility index (Phi) is 4.48. The second-order valence-corrected chi connectivity index (χ2v) is 5.55. The van der Waals surface area contributed by atoms with Crippen LogP contribution in [0, 0.1) is 5.82 Å². The molecule has 1 aromatic heterocycles. The van der Waals surface area contributed by atoms with Gasteiger partial charge < -0.3 is 10.5 Å². The number of ether oxygens (including phenoxy) is 1. The van der Waals surface area contributed by atoms with Gasteiger partial charge in [-0.25, -0.2) is 4.39 Å². The summed E-state index contributed by atoms with van der Waals surface area (Å²) in [6.07, 6.45) is -4.96. The number of alkyl halides is 3. The molecular weight excluding hydrogens is 338 g/mol. The molecule has 0 radical (unpaired) electrons. The summed E-state index contributed by atoms with van der Waals surface area (Å²) in [7, 11) is 1.08. The maximum Gasteiger partial charge on any atom is 0.434 e. The molecule has 9 heteroatoms. The molecule has 1 aromatic carbocycles. The number of hydrogen-bond acceptors (Lipinski definition) is 3. The Bertz CT molecular complexity index is 741. The van der Waals surface area contributed by atoms with E-state index in [2.05, 4.69) is 5.10 Å². The van der Waals surface area contributed by atoms with E-state index in [1.54, 1.807) is 13.8 Å². The Labute approximate surface area is 134 Å². The zero-order chi connectivity index (χ0) is 17.5. The lowest BCUT2D eigenvalue weighted by atomic mass is 10.1. The normalized spacial score (nSPS) is 12.0. The molecule has 2 rings (SSSR count). The molecule has 0 saturated heterocycles. The number of anilines is 1. The average Bonchev–Trinajstić information content (AvgIpc) is 2.67. The minimum atomic E-state index is -4.71. The summed E-state index contributed by atoms with van der Waals surface area (Å²) in [4.78, 5) is 0. The van der Waals surface area contributed by atoms with Crippen molar-refractivity contribution in [2.75, 3.05) is 5.73 Å². The number of rotatable bonds is 3. The number of nitrogens with two attached hydrogens (primary N) is 1. The van der Waals surface area contributed by atoms with Crippen molar-refractivity contribution in [3.63, 3.8) is 0 Å². The van der Waals surface area contributed by atoms with Gasteiger partial charge in [0.25, 0.3) is 0 Å². The molecule has 0 amide bonds. The van der Waals surface area contributed by atoms with E-state index in [0.29, 0.717) is 4.68 Å². The number of aromatic nitrogens is 2. The second kappa shape index (κ2) is 5.92. The van der Waals surface area contributed by atoms with E-state index in [1.807, 2.05) is 0 Å². The van der Waals surface area contributed by atoms with Gasteiger partial charge in [-0.15, -0.1) is 0 Å². The summed E-state index contributed by atoms with van der Waals surface area (Å²) in [6.45, 7) is 3.47. The van der Waals surface area contributed by atoms with Crippen LogP contribution in [0.5, 0.6) is 5.75 Å². The molecule has 0 spiro atoms. The third-order valence-electron chi connectivity index (χ3n) is 2.98. The predicted octanol–water partition coefficient (Wildman–Crippen LogP) is 4.27. The number of aryl methyl sites for hydroxylation is 1. The average molecular weight is 352 g/mol. The van der Waals surface area contributed by atoms with Gasteiger partial charge >= 0.3 is 6.18 Å². The lowest BCUT2D eigenvalue weighted by molar-refractivity contribution is -0.143. The lowest BCUT2D eigenvalue weighted by Crippen LogP contribution is -2.12. The van der Waals surface area contributed by atoms with E-state index in [4.69, 9.17) is 22.1 Å². The lowest BCUT2D eigenvalue weighted by Gasteiger charge is -2.13. The molecular formula is C14H14ClF4N3O. The van der Waals surface area contributed by atoms with E-state index >= 15 is 0 Å². The molecule has 0 unspecified atom stereocenters. The van der Waals surface area contributed by atoms with Gasteiger partial charge in [-0.2, -0.15) is 18.3 Å². The molecule has 0 aliphatic rings. The standard InChI is InChI=1S/C14H14ClF4N3O/c1-6(2)23-10-4-7(8(16)5-9(10)20)12-11(15)13(14(17,18)19)22(3)21-12/h4-6H,20H2,1-3H3. The number of nitrogens with zero attached hydrogens (tertiary/aromatic N) is 2. The van der Waals surface area contributed by atoms with Crippen LogP contribution < -0.4 is 10.5 Å². The fourth-order valence-electron chi connectivity index (χ4n) is 2.08. The molecule has 0 fully saturated rings. The zero-order valence-corrected chi connectivity index (χ0v) is 13.3. The van der Waals surface area contributed by atoms with Crippen LogP contribution in [0.3, 0.4) is 0 Å². The largest absolute Gasteiger partial charge is 0.489 e. The summed E-state index contributed by atoms with van der Waals surface area (Å²) in [6, 6.07) is 2.16. The van der Waals surface area contributed by atoms with Crippen LogP contribution in [-0.4, -0.2) is 15.9 Å². The Morgan fingerprint density at radius 3 is 2.39 bits per heavy atom. The van der Waals surface area contributed by atoms with Gasteiger partial charge in [0.05, 0.1) is 16.8 Å². The van der Waals surface area contributed by atoms with Gasteiger partial charge in [0.2, 0.25) is 0 Å². The third-order valence-corrected chi connectivity index (χ3v) is 3.33. The van der Waals surface area contributed by atoms with E-state index in [0.717, 1.165) is 13.1 Å². The monoisotopic (exact) mass is 351 g/mol. The SMILES string of the molecule is CC(C)Oc1cc(-c2nn(C)c(C(F)(F)F)c2Cl)c(F)cc1N. The highest BCUT2D eigenvalue weighted by Crippen LogP contribution is 2.41. The second-order valence-electron chi connectivity index (χ2n) is 5.17. The van der Waals surface area contributed by atoms with E-state index in [1.165, 1.54) is 6.07 Å². The zero-order valence-electron chi connectivity index (χ0n) is 12.5. The first kappa shape index (κ1) is 17.4. The Balaban J connectivity index is 2.63. The van der Waals surface area contributed by atoms with Crippen LogP contribution in [0.4, 0.5) is 23.2 Å². The highest BCUT2D eigenvalue weighted by Gasteiger charge is 2.39. The van der Waals surface area contributed by atoms with Gasteiger partial charge in [-0.1, -0.05) is 11.6 Å². The van der Waals surface area contributed by atoms with Crippen molar-refractivity contribution in [3.8, 4) is 17.0 Å². The van der Waals surface area contributed by atoms with Crippen LogP contribution in [0.25, 0.3) is 11.3 Å². The Morgan fingerprint density at radius 1 is 1.30 bits per heavy atom. The molecule has 2 aromatic rings. The summed E-state index contributed by atoms with van der Waals surface area (Å²) >= 11 is 5.78. The minimum Gasteiger partial charge on any atom is -0.489 e. The molecule has 0 aliphatic carbocycles. The van der Waals surface area contributed by atoms with Crippen molar-refractivity contribution >= 4 is 17.3 Å². The quantitative estimate of drug-likeness (QED) is 0.663. The van der Waals surface area contributed by atoms with E-state index in [-0.39, 0.29) is 28.8 Å². The van der Waals surface area contributed by atoms with Crippen molar-refractivity contribution in [1.82, 2.24) is 9.78 Å². The Morgan fingerprint density at radius 2 is 1.91 bits per heavy atom. The minimum absolute atomic E-state index is 0.0306. The van der Waals surface area contributed by atoms with Gasteiger partial charge in [0.1, 0.15) is 17.3 Å². The highest BCUT2D eigenvalue weighted by molar-refractivity contribution is 6.33. The first-order chi connectivity index (χ1) is 10.5. The van der Waals surface area contributed by atoms with Crippen LogP contribution in [0.2, 0.25) is 5.02 Å². The van der Waals surface area contributed by atoms with Crippen LogP contribution >= 0.6 is 11.6 Å². The molecule has 126 valence electrons. The highest BCUT2D eigenvalue weighted by atomic mass is 35.5. The molecule has 23 heavy (non-hydrogen) atoms. The number of hydrogen-bond donors (Lipinski definition) is 1. The number of halogens is 5. The van der Waals surface area contributed by atoms with Crippen LogP contribution in [0.1, 0.15) is 19.5 Å². The van der Waals surface area contributed by atoms with Gasteiger partial charge in [-0.05, 0) is 19.9 Å². The molecule has 0 saturated carbocycles. The summed E-state index contributed by atoms with van der Waals surface area (Å²) in [5, 5.41) is 3.00. The topological polar surface area (TPSA) is 53.1 Å². The maximum absolute atomic E-state index is 14.1. The Hall–Kier alpha value is -1.96. The predicted molar refractivity (Wildman–Crippen MR) is 78.8 cm³/mol. The number of benzene rings is 1. The summed E-state index contributed by atoms with van der Waals surface area (Å²) < 4.78 is 59.0. The van der Waals surface area contributed by atoms with Crippen molar-refractivity contribution in [2.24, 2.45) is 7.05 Å². The van der Waals surface area contributed by atoms with Crippen molar-refractivity contribution in [1.29, 1.82) is 0 Å². The fraction of sp³-hybridized carbons (Fsp3) is 0.357. The van der Waals surface area contributed by atoms with Crippen LogP contribution in [-0.2, 0) is 13.2 Å². The first-order valence-electron chi connectivity index (χ1n) is 6.58. The van der Waals surface area contributed by atoms with Crippen LogP contribution in [0.15, 0.2) is 12.1 Å². The summed E-state index contributed by atoms with van der Waals surface area (Å²) in [5.74, 6) is -0.695. The molecule has 4 nitrogen and oxygen atoms in total. The van der Waals surface area contributed by atoms with Gasteiger partial charge in [-0.3, -0.25) is 4.68 Å². The van der Waals surface area contributed by atoms with Crippen molar-refractivity contribution in [2.45, 2.75) is 26.1 Å². The fourth-order valence-corrected chi connectivity index (χ4v) is 2.45. The molecule has 0 bridgehead atoms. The maximum atomic E-state index is 14.1. The van der Waals surface area contributed by atoms with Gasteiger partial charge in [0, 0.05) is 18.7 Å². The van der Waals surface area contributed by atoms with E-state index < -0.39 is 22.7 Å². The third kappa shape index (κ3) is 3.36. The van der Waals surface area contributed by atoms with Crippen molar-refractivity contribution in [3.05, 3.63) is 28.7 Å². The summed E-state index contributed by atoms with van der Waals surface area (Å²) in [5.41, 5.74) is 3.99. The molecule has 0 aliphatic heterocycles. The first-order valence-corrected chi connectivity index (χ1v) is 6.96. The van der Waals surface area contributed by atoms with E-state index in [9.17, 15) is 17.6 Å².